The van der Waals surface area contributed by atoms with Crippen molar-refractivity contribution in [2.45, 2.75) is 6.04 Å². The highest BCUT2D eigenvalue weighted by molar-refractivity contribution is 9.10. The molecule has 0 unspecified atom stereocenters. The van der Waals surface area contributed by atoms with E-state index in [1.54, 1.807) is 49.6 Å². The zero-order chi connectivity index (χ0) is 25.7. The predicted octanol–water partition coefficient (Wildman–Crippen LogP) is 5.46. The second kappa shape index (κ2) is 9.20. The number of anilines is 1. The second-order valence-corrected chi connectivity index (χ2v) is 10.3. The quantitative estimate of drug-likeness (QED) is 0.195. The van der Waals surface area contributed by atoms with Gasteiger partial charge in [-0.25, -0.2) is 4.98 Å². The number of Topliss-reactive ketones (excluding diaryl/α,β-unsaturated/α-hetero) is 1. The van der Waals surface area contributed by atoms with Crippen LogP contribution in [0.4, 0.5) is 5.13 Å². The maximum atomic E-state index is 13.5. The van der Waals surface area contributed by atoms with E-state index in [0.29, 0.717) is 52.2 Å². The molecule has 1 aromatic heterocycles. The van der Waals surface area contributed by atoms with Crippen LogP contribution in [0.1, 0.15) is 17.2 Å². The third-order valence-corrected chi connectivity index (χ3v) is 7.78. The number of nitrogens with zero attached hydrogens (tertiary/aromatic N) is 2. The summed E-state index contributed by atoms with van der Waals surface area (Å²) in [5.41, 5.74) is 1.64. The molecule has 3 heterocycles. The lowest BCUT2D eigenvalue weighted by Gasteiger charge is -2.23. The van der Waals surface area contributed by atoms with Gasteiger partial charge in [0.05, 0.1) is 28.9 Å². The zero-order valence-electron chi connectivity index (χ0n) is 19.4. The summed E-state index contributed by atoms with van der Waals surface area (Å²) in [4.78, 5) is 32.9. The molecule has 2 aliphatic rings. The Hall–Kier alpha value is -3.89. The molecule has 186 valence electrons. The number of aliphatic hydroxyl groups is 1. The Kier molecular flexibility index (Phi) is 5.85. The fourth-order valence-electron chi connectivity index (χ4n) is 4.46. The number of halogens is 1. The number of carbonyl (C=O) groups is 2. The van der Waals surface area contributed by atoms with Gasteiger partial charge in [0.2, 0.25) is 0 Å². The minimum absolute atomic E-state index is 0.0270. The molecule has 0 aliphatic carbocycles. The average molecular weight is 579 g/mol. The van der Waals surface area contributed by atoms with Crippen LogP contribution in [0.2, 0.25) is 0 Å². The standard InChI is InChI=1S/C27H19BrN2O6S/c1-34-17-7-8-18-21(13-17)37-27(29-18)30-23(14-2-5-16(28)6-3-14)22(25(32)26(30)33)24(31)15-4-9-19-20(12-15)36-11-10-35-19/h2-9,12-13,23,31H,10-11H2,1H3/t23-/m1/s1. The van der Waals surface area contributed by atoms with E-state index in [-0.39, 0.29) is 11.3 Å². The normalized spacial score (nSPS) is 18.4. The van der Waals surface area contributed by atoms with Crippen LogP contribution in [-0.4, -0.2) is 42.1 Å². The number of hydrogen-bond acceptors (Lipinski definition) is 8. The van der Waals surface area contributed by atoms with E-state index < -0.39 is 17.7 Å². The second-order valence-electron chi connectivity index (χ2n) is 8.41. The van der Waals surface area contributed by atoms with E-state index in [1.807, 2.05) is 18.2 Å². The number of fused-ring (bicyclic) bond motifs is 2. The number of ether oxygens (including phenoxy) is 3. The van der Waals surface area contributed by atoms with Crippen LogP contribution in [0.5, 0.6) is 17.2 Å². The van der Waals surface area contributed by atoms with Crippen LogP contribution >= 0.6 is 27.3 Å². The minimum Gasteiger partial charge on any atom is -0.507 e. The molecule has 4 aromatic rings. The van der Waals surface area contributed by atoms with E-state index in [0.717, 1.165) is 9.17 Å². The van der Waals surface area contributed by atoms with Gasteiger partial charge in [0, 0.05) is 10.0 Å². The minimum atomic E-state index is -0.885. The molecule has 0 spiro atoms. The number of aromatic nitrogens is 1. The molecule has 0 bridgehead atoms. The highest BCUT2D eigenvalue weighted by Gasteiger charge is 2.48. The van der Waals surface area contributed by atoms with Gasteiger partial charge in [0.1, 0.15) is 24.7 Å². The maximum Gasteiger partial charge on any atom is 0.301 e. The summed E-state index contributed by atoms with van der Waals surface area (Å²) in [5.74, 6) is -0.182. The first-order valence-electron chi connectivity index (χ1n) is 11.4. The molecule has 3 aromatic carbocycles. The summed E-state index contributed by atoms with van der Waals surface area (Å²) in [6.07, 6.45) is 0. The molecule has 10 heteroatoms. The van der Waals surface area contributed by atoms with Gasteiger partial charge in [-0.15, -0.1) is 0 Å². The van der Waals surface area contributed by atoms with Crippen molar-refractivity contribution in [3.05, 3.63) is 81.8 Å². The van der Waals surface area contributed by atoms with Gasteiger partial charge in [-0.2, -0.15) is 0 Å². The summed E-state index contributed by atoms with van der Waals surface area (Å²) in [7, 11) is 1.58. The lowest BCUT2D eigenvalue weighted by atomic mass is 9.95. The van der Waals surface area contributed by atoms with E-state index in [4.69, 9.17) is 14.2 Å². The number of amides is 1. The van der Waals surface area contributed by atoms with E-state index in [1.165, 1.54) is 16.2 Å². The van der Waals surface area contributed by atoms with Gasteiger partial charge in [-0.3, -0.25) is 14.5 Å². The Bertz CT molecular complexity index is 1600. The Balaban J connectivity index is 1.52. The van der Waals surface area contributed by atoms with Crippen molar-refractivity contribution in [2.24, 2.45) is 0 Å². The highest BCUT2D eigenvalue weighted by atomic mass is 79.9. The number of ketones is 1. The Morgan fingerprint density at radius 1 is 1.05 bits per heavy atom. The lowest BCUT2D eigenvalue weighted by molar-refractivity contribution is -0.132. The third kappa shape index (κ3) is 4.02. The summed E-state index contributed by atoms with van der Waals surface area (Å²) >= 11 is 4.70. The average Bonchev–Trinajstić information content (AvgIpc) is 3.46. The predicted molar refractivity (Wildman–Crippen MR) is 143 cm³/mol. The van der Waals surface area contributed by atoms with Crippen molar-refractivity contribution >= 4 is 60.1 Å². The van der Waals surface area contributed by atoms with Crippen LogP contribution in [0, 0.1) is 0 Å². The molecule has 8 nitrogen and oxygen atoms in total. The van der Waals surface area contributed by atoms with Gasteiger partial charge in [0.25, 0.3) is 5.78 Å². The van der Waals surface area contributed by atoms with E-state index in [9.17, 15) is 14.7 Å². The molecular weight excluding hydrogens is 560 g/mol. The molecule has 37 heavy (non-hydrogen) atoms. The summed E-state index contributed by atoms with van der Waals surface area (Å²) in [6.45, 7) is 0.809. The lowest BCUT2D eigenvalue weighted by Crippen LogP contribution is -2.29. The smallest absolute Gasteiger partial charge is 0.301 e. The number of rotatable bonds is 4. The maximum absolute atomic E-state index is 13.5. The van der Waals surface area contributed by atoms with Crippen molar-refractivity contribution in [3.8, 4) is 17.2 Å². The summed E-state index contributed by atoms with van der Waals surface area (Å²) in [6, 6.07) is 16.7. The van der Waals surface area contributed by atoms with Crippen LogP contribution in [0.15, 0.2) is 70.7 Å². The number of methoxy groups -OCH3 is 1. The van der Waals surface area contributed by atoms with Crippen molar-refractivity contribution in [3.63, 3.8) is 0 Å². The van der Waals surface area contributed by atoms with Gasteiger partial charge < -0.3 is 19.3 Å². The number of hydrogen-bond donors (Lipinski definition) is 1. The molecule has 2 aliphatic heterocycles. The van der Waals surface area contributed by atoms with Crippen molar-refractivity contribution in [2.75, 3.05) is 25.2 Å². The number of carbonyl (C=O) groups excluding carboxylic acids is 2. The molecule has 1 saturated heterocycles. The van der Waals surface area contributed by atoms with Crippen LogP contribution in [0.3, 0.4) is 0 Å². The number of aliphatic hydroxyl groups excluding tert-OH is 1. The summed E-state index contributed by atoms with van der Waals surface area (Å²) < 4.78 is 18.2. The monoisotopic (exact) mass is 578 g/mol. The van der Waals surface area contributed by atoms with Gasteiger partial charge in [0.15, 0.2) is 16.6 Å². The topological polar surface area (TPSA) is 98.2 Å². The molecule has 1 amide bonds. The van der Waals surface area contributed by atoms with Gasteiger partial charge in [-0.05, 0) is 54.1 Å². The first-order chi connectivity index (χ1) is 17.9. The molecule has 1 N–H and O–H groups in total. The van der Waals surface area contributed by atoms with Gasteiger partial charge in [-0.1, -0.05) is 39.4 Å². The van der Waals surface area contributed by atoms with Crippen molar-refractivity contribution in [1.29, 1.82) is 0 Å². The first kappa shape index (κ1) is 23.5. The molecule has 6 rings (SSSR count). The molecule has 1 atom stereocenters. The fraction of sp³-hybridized carbons (Fsp3) is 0.148. The Morgan fingerprint density at radius 3 is 2.57 bits per heavy atom. The number of thiazole rings is 1. The Labute approximate surface area is 223 Å². The highest BCUT2D eigenvalue weighted by Crippen LogP contribution is 2.45. The fourth-order valence-corrected chi connectivity index (χ4v) is 5.74. The van der Waals surface area contributed by atoms with Crippen molar-refractivity contribution < 1.29 is 28.9 Å². The van der Waals surface area contributed by atoms with Crippen LogP contribution in [0.25, 0.3) is 16.0 Å². The SMILES string of the molecule is COc1ccc2nc(N3C(=O)C(=O)C(=C(O)c4ccc5c(c4)OCCO5)[C@H]3c3ccc(Br)cc3)sc2c1. The van der Waals surface area contributed by atoms with E-state index in [2.05, 4.69) is 20.9 Å². The van der Waals surface area contributed by atoms with E-state index >= 15 is 0 Å². The van der Waals surface area contributed by atoms with Crippen molar-refractivity contribution in [1.82, 2.24) is 4.98 Å². The molecule has 0 saturated carbocycles. The third-order valence-electron chi connectivity index (χ3n) is 6.24. The molecule has 0 radical (unpaired) electrons. The largest absolute Gasteiger partial charge is 0.507 e. The number of benzene rings is 3. The first-order valence-corrected chi connectivity index (χ1v) is 13.0. The molecular formula is C27H19BrN2O6S. The van der Waals surface area contributed by atoms with Crippen LogP contribution < -0.4 is 19.1 Å². The molecule has 1 fully saturated rings. The van der Waals surface area contributed by atoms with Gasteiger partial charge >= 0.3 is 5.91 Å². The zero-order valence-corrected chi connectivity index (χ0v) is 21.8. The summed E-state index contributed by atoms with van der Waals surface area (Å²) in [5, 5.41) is 11.8. The Morgan fingerprint density at radius 2 is 1.81 bits per heavy atom. The van der Waals surface area contributed by atoms with Crippen LogP contribution in [-0.2, 0) is 9.59 Å².